The van der Waals surface area contributed by atoms with E-state index in [0.29, 0.717) is 17.9 Å². The van der Waals surface area contributed by atoms with Gasteiger partial charge in [0.25, 0.3) is 0 Å². The van der Waals surface area contributed by atoms with Crippen LogP contribution in [0.3, 0.4) is 0 Å². The second kappa shape index (κ2) is 9.51. The Morgan fingerprint density at radius 2 is 1.83 bits per heavy atom. The molecule has 0 saturated carbocycles. The molecule has 1 aliphatic carbocycles. The molecule has 162 valence electrons. The van der Waals surface area contributed by atoms with E-state index < -0.39 is 10.0 Å². The van der Waals surface area contributed by atoms with E-state index in [9.17, 15) is 13.2 Å². The zero-order chi connectivity index (χ0) is 21.7. The van der Waals surface area contributed by atoms with Gasteiger partial charge >= 0.3 is 0 Å². The van der Waals surface area contributed by atoms with Crippen molar-refractivity contribution in [1.29, 1.82) is 0 Å². The molecule has 1 atom stereocenters. The summed E-state index contributed by atoms with van der Waals surface area (Å²) < 4.78 is 30.9. The maximum Gasteiger partial charge on any atom is 0.232 e. The van der Waals surface area contributed by atoms with Gasteiger partial charge in [0, 0.05) is 13.0 Å². The zero-order valence-corrected chi connectivity index (χ0v) is 18.7. The molecule has 0 heterocycles. The Hall–Kier alpha value is -2.54. The average Bonchev–Trinajstić information content (AvgIpc) is 3.18. The lowest BCUT2D eigenvalue weighted by molar-refractivity contribution is -0.121. The first-order valence-corrected chi connectivity index (χ1v) is 12.2. The van der Waals surface area contributed by atoms with Gasteiger partial charge < -0.3 is 10.1 Å². The van der Waals surface area contributed by atoms with Crippen molar-refractivity contribution in [3.05, 3.63) is 59.2 Å². The third-order valence-corrected chi connectivity index (χ3v) is 6.72. The second-order valence-electron chi connectivity index (χ2n) is 7.81. The topological polar surface area (TPSA) is 75.7 Å². The van der Waals surface area contributed by atoms with E-state index >= 15 is 0 Å². The molecule has 6 nitrogen and oxygen atoms in total. The molecule has 0 fully saturated rings. The lowest BCUT2D eigenvalue weighted by Crippen LogP contribution is -2.32. The first-order valence-electron chi connectivity index (χ1n) is 10.3. The van der Waals surface area contributed by atoms with Crippen LogP contribution >= 0.6 is 0 Å². The molecule has 0 radical (unpaired) electrons. The van der Waals surface area contributed by atoms with Gasteiger partial charge in [-0.1, -0.05) is 18.2 Å². The number of amides is 1. The maximum atomic E-state index is 12.4. The highest BCUT2D eigenvalue weighted by Gasteiger charge is 2.19. The van der Waals surface area contributed by atoms with Crippen LogP contribution in [0.25, 0.3) is 0 Å². The fraction of sp³-hybridized carbons (Fsp3) is 0.435. The van der Waals surface area contributed by atoms with Gasteiger partial charge in [0.15, 0.2) is 0 Å². The molecule has 7 heteroatoms. The number of fused-ring (bicyclic) bond motifs is 1. The molecule has 0 bridgehead atoms. The minimum absolute atomic E-state index is 0.0731. The first-order chi connectivity index (χ1) is 14.3. The molecular weight excluding hydrogens is 400 g/mol. The molecule has 3 rings (SSSR count). The van der Waals surface area contributed by atoms with E-state index in [0.717, 1.165) is 18.4 Å². The Kier molecular flexibility index (Phi) is 7.02. The average molecular weight is 431 g/mol. The smallest absolute Gasteiger partial charge is 0.232 e. The highest BCUT2D eigenvalue weighted by molar-refractivity contribution is 7.92. The normalized spacial score (nSPS) is 14.1. The quantitative estimate of drug-likeness (QED) is 0.659. The van der Waals surface area contributed by atoms with E-state index in [2.05, 4.69) is 23.5 Å². The number of anilines is 1. The van der Waals surface area contributed by atoms with E-state index in [1.165, 1.54) is 28.1 Å². The van der Waals surface area contributed by atoms with E-state index in [1.807, 2.05) is 6.92 Å². The SMILES string of the molecule is COc1ccc(N(CCCC(=O)N[C@H](C)c2ccc3c(c2)CCC3)S(C)(=O)=O)cc1. The van der Waals surface area contributed by atoms with Gasteiger partial charge in [0.05, 0.1) is 25.1 Å². The van der Waals surface area contributed by atoms with Gasteiger partial charge in [-0.2, -0.15) is 0 Å². The summed E-state index contributed by atoms with van der Waals surface area (Å²) >= 11 is 0. The van der Waals surface area contributed by atoms with Crippen molar-refractivity contribution in [1.82, 2.24) is 5.32 Å². The number of sulfonamides is 1. The number of aryl methyl sites for hydroxylation is 2. The van der Waals surface area contributed by atoms with Crippen LogP contribution in [0.1, 0.15) is 48.9 Å². The number of nitrogens with one attached hydrogen (secondary N) is 1. The third-order valence-electron chi connectivity index (χ3n) is 5.53. The largest absolute Gasteiger partial charge is 0.497 e. The predicted octanol–water partition coefficient (Wildman–Crippen LogP) is 3.61. The van der Waals surface area contributed by atoms with Crippen molar-refractivity contribution in [2.24, 2.45) is 0 Å². The summed E-state index contributed by atoms with van der Waals surface area (Å²) in [6.07, 6.45) is 5.31. The van der Waals surface area contributed by atoms with Crippen LogP contribution in [0.4, 0.5) is 5.69 Å². The fourth-order valence-corrected chi connectivity index (χ4v) is 4.84. The van der Waals surface area contributed by atoms with E-state index in [4.69, 9.17) is 4.74 Å². The summed E-state index contributed by atoms with van der Waals surface area (Å²) in [4.78, 5) is 12.4. The van der Waals surface area contributed by atoms with Crippen LogP contribution in [0, 0.1) is 0 Å². The molecule has 0 saturated heterocycles. The highest BCUT2D eigenvalue weighted by Crippen LogP contribution is 2.25. The number of methoxy groups -OCH3 is 1. The summed E-state index contributed by atoms with van der Waals surface area (Å²) in [6, 6.07) is 13.2. The summed E-state index contributed by atoms with van der Waals surface area (Å²) in [5.74, 6) is 0.582. The maximum absolute atomic E-state index is 12.4. The number of rotatable bonds is 9. The molecule has 0 aromatic heterocycles. The number of nitrogens with zero attached hydrogens (tertiary/aromatic N) is 1. The number of ether oxygens (including phenoxy) is 1. The predicted molar refractivity (Wildman–Crippen MR) is 119 cm³/mol. The van der Waals surface area contributed by atoms with Crippen LogP contribution in [0.2, 0.25) is 0 Å². The molecule has 30 heavy (non-hydrogen) atoms. The molecular formula is C23H30N2O4S. The van der Waals surface area contributed by atoms with Crippen LogP contribution in [-0.4, -0.2) is 34.2 Å². The van der Waals surface area contributed by atoms with Gasteiger partial charge in [-0.25, -0.2) is 8.42 Å². The Morgan fingerprint density at radius 3 is 2.50 bits per heavy atom. The summed E-state index contributed by atoms with van der Waals surface area (Å²) in [7, 11) is -1.89. The summed E-state index contributed by atoms with van der Waals surface area (Å²) in [5.41, 5.74) is 4.47. The number of benzene rings is 2. The van der Waals surface area contributed by atoms with Gasteiger partial charge in [0.2, 0.25) is 15.9 Å². The molecule has 0 aliphatic heterocycles. The minimum Gasteiger partial charge on any atom is -0.497 e. The van der Waals surface area contributed by atoms with Crippen molar-refractivity contribution in [2.75, 3.05) is 24.2 Å². The first kappa shape index (κ1) is 22.2. The molecule has 0 unspecified atom stereocenters. The standard InChI is InChI=1S/C23H30N2O4S/c1-17(19-10-9-18-6-4-7-20(18)16-19)24-23(26)8-5-15-25(30(3,27)28)21-11-13-22(29-2)14-12-21/h9-14,16-17H,4-8,15H2,1-3H3,(H,24,26)/t17-/m1/s1. The number of hydrogen-bond donors (Lipinski definition) is 1. The highest BCUT2D eigenvalue weighted by atomic mass is 32.2. The molecule has 2 aromatic rings. The molecule has 1 N–H and O–H groups in total. The fourth-order valence-electron chi connectivity index (χ4n) is 3.88. The van der Waals surface area contributed by atoms with E-state index in [-0.39, 0.29) is 24.9 Å². The van der Waals surface area contributed by atoms with E-state index in [1.54, 1.807) is 31.4 Å². The number of carbonyl (C=O) groups excluding carboxylic acids is 1. The van der Waals surface area contributed by atoms with Crippen LogP contribution < -0.4 is 14.4 Å². The molecule has 1 aliphatic rings. The Bertz CT molecular complexity index is 987. The molecule has 0 spiro atoms. The Balaban J connectivity index is 1.54. The third kappa shape index (κ3) is 5.53. The van der Waals surface area contributed by atoms with Gasteiger partial charge in [-0.15, -0.1) is 0 Å². The zero-order valence-electron chi connectivity index (χ0n) is 17.8. The van der Waals surface area contributed by atoms with Crippen LogP contribution in [0.5, 0.6) is 5.75 Å². The molecule has 2 aromatic carbocycles. The monoisotopic (exact) mass is 430 g/mol. The van der Waals surface area contributed by atoms with Crippen LogP contribution in [-0.2, 0) is 27.7 Å². The van der Waals surface area contributed by atoms with Crippen molar-refractivity contribution in [2.45, 2.75) is 45.1 Å². The Labute approximate surface area is 179 Å². The second-order valence-corrected chi connectivity index (χ2v) is 9.71. The number of carbonyl (C=O) groups is 1. The number of hydrogen-bond acceptors (Lipinski definition) is 4. The summed E-state index contributed by atoms with van der Waals surface area (Å²) in [6.45, 7) is 2.22. The van der Waals surface area contributed by atoms with Gasteiger partial charge in [-0.3, -0.25) is 9.10 Å². The van der Waals surface area contributed by atoms with Crippen molar-refractivity contribution in [3.63, 3.8) is 0 Å². The van der Waals surface area contributed by atoms with Crippen molar-refractivity contribution >= 4 is 21.6 Å². The summed E-state index contributed by atoms with van der Waals surface area (Å²) in [5, 5.41) is 3.03. The molecule has 1 amide bonds. The van der Waals surface area contributed by atoms with Crippen molar-refractivity contribution in [3.8, 4) is 5.75 Å². The lowest BCUT2D eigenvalue weighted by Gasteiger charge is -2.23. The Morgan fingerprint density at radius 1 is 1.13 bits per heavy atom. The van der Waals surface area contributed by atoms with Gasteiger partial charge in [-0.05, 0) is 73.6 Å². The lowest BCUT2D eigenvalue weighted by atomic mass is 10.0. The van der Waals surface area contributed by atoms with Crippen molar-refractivity contribution < 1.29 is 17.9 Å². The van der Waals surface area contributed by atoms with Crippen LogP contribution in [0.15, 0.2) is 42.5 Å². The van der Waals surface area contributed by atoms with Gasteiger partial charge in [0.1, 0.15) is 5.75 Å². The minimum atomic E-state index is -3.45.